The van der Waals surface area contributed by atoms with Crippen LogP contribution in [0.1, 0.15) is 33.4 Å². The van der Waals surface area contributed by atoms with Crippen LogP contribution in [0.5, 0.6) is 0 Å². The third-order valence-corrected chi connectivity index (χ3v) is 2.03. The van der Waals surface area contributed by atoms with Gasteiger partial charge < -0.3 is 21.5 Å². The Kier molecular flexibility index (Phi) is 7.18. The van der Waals surface area contributed by atoms with Crippen LogP contribution < -0.4 is 5.10 Å². The summed E-state index contributed by atoms with van der Waals surface area (Å²) in [4.78, 5) is 0. The second-order valence-corrected chi connectivity index (χ2v) is 4.99. The molecule has 0 saturated heterocycles. The second-order valence-electron chi connectivity index (χ2n) is 4.99. The van der Waals surface area contributed by atoms with Crippen LogP contribution >= 0.6 is 0 Å². The van der Waals surface area contributed by atoms with Gasteiger partial charge in [0.2, 0.25) is 0 Å². The molecule has 0 aliphatic heterocycles. The monoisotopic (exact) mass is 491 g/mol. The Morgan fingerprint density at radius 2 is 2.00 bits per heavy atom. The van der Waals surface area contributed by atoms with Gasteiger partial charge in [0, 0.05) is 6.54 Å². The van der Waals surface area contributed by atoms with Crippen LogP contribution in [0.25, 0.3) is 0 Å². The smallest absolute Gasteiger partial charge is 0.0415 e. The van der Waals surface area contributed by atoms with Gasteiger partial charge in [-0.25, -0.2) is 0 Å². The van der Waals surface area contributed by atoms with Crippen molar-refractivity contribution in [2.45, 2.75) is 40.7 Å². The Balaban J connectivity index is 0.000000324. The SMILES string of the molecule is CC(C)Cc1c[n-]nn1.CC(C)Cn1c[c-]nn1.[Cm]. The molecule has 2 aromatic rings. The van der Waals surface area contributed by atoms with E-state index < -0.39 is 0 Å². The quantitative estimate of drug-likeness (QED) is 0.600. The first-order valence-electron chi connectivity index (χ1n) is 6.14. The molecule has 0 saturated carbocycles. The minimum Gasteiger partial charge on any atom is -0.358 e. The van der Waals surface area contributed by atoms with Crippen molar-refractivity contribution in [3.8, 4) is 0 Å². The predicted molar refractivity (Wildman–Crippen MR) is 67.6 cm³/mol. The molecule has 0 atom stereocenters. The number of aromatic nitrogens is 6. The third-order valence-electron chi connectivity index (χ3n) is 2.03. The Bertz CT molecular complexity index is 356. The molecule has 0 aliphatic rings. The summed E-state index contributed by atoms with van der Waals surface area (Å²) >= 11 is 0. The fourth-order valence-corrected chi connectivity index (χ4v) is 1.38. The van der Waals surface area contributed by atoms with E-state index in [1.165, 1.54) is 0 Å². The summed E-state index contributed by atoms with van der Waals surface area (Å²) in [6.45, 7) is 9.50. The summed E-state index contributed by atoms with van der Waals surface area (Å²) in [6.07, 6.45) is 7.07. The predicted octanol–water partition coefficient (Wildman–Crippen LogP) is 1.37. The van der Waals surface area contributed by atoms with E-state index in [1.807, 2.05) is 0 Å². The summed E-state index contributed by atoms with van der Waals surface area (Å²) in [6, 6.07) is 0. The molecule has 0 unspecified atom stereocenters. The van der Waals surface area contributed by atoms with E-state index in [9.17, 15) is 0 Å². The van der Waals surface area contributed by atoms with Crippen molar-refractivity contribution >= 4 is 0 Å². The zero-order valence-corrected chi connectivity index (χ0v) is 14.7. The van der Waals surface area contributed by atoms with E-state index in [0.29, 0.717) is 11.8 Å². The van der Waals surface area contributed by atoms with Gasteiger partial charge in [0.15, 0.2) is 0 Å². The average Bonchev–Trinajstić information content (AvgIpc) is 2.90. The molecule has 6 nitrogen and oxygen atoms in total. The summed E-state index contributed by atoms with van der Waals surface area (Å²) in [5.74, 6) is 1.27. The number of hydrogen-bond acceptors (Lipinski definition) is 4. The molecule has 0 spiro atoms. The molecule has 0 N–H and O–H groups in total. The van der Waals surface area contributed by atoms with Crippen LogP contribution in [0.2, 0.25) is 0 Å². The van der Waals surface area contributed by atoms with Crippen molar-refractivity contribution in [3.05, 3.63) is 24.3 Å². The molecule has 2 aromatic heterocycles. The molecule has 108 valence electrons. The van der Waals surface area contributed by atoms with Crippen LogP contribution in [0.3, 0.4) is 0 Å². The Labute approximate surface area is 108 Å². The van der Waals surface area contributed by atoms with Crippen molar-refractivity contribution in [1.29, 1.82) is 0 Å². The Morgan fingerprint density at radius 1 is 1.26 bits per heavy atom. The fourth-order valence-electron chi connectivity index (χ4n) is 1.38. The zero-order chi connectivity index (χ0) is 13.4. The molecule has 2 heterocycles. The van der Waals surface area contributed by atoms with E-state index >= 15 is 0 Å². The molecule has 0 aromatic carbocycles. The van der Waals surface area contributed by atoms with E-state index in [4.69, 9.17) is 0 Å². The number of nitrogens with zero attached hydrogens (tertiary/aromatic N) is 6. The molecule has 0 radical (unpaired) electrons. The summed E-state index contributed by atoms with van der Waals surface area (Å²) in [7, 11) is 0. The van der Waals surface area contributed by atoms with Crippen LogP contribution in [0.4, 0.5) is 0 Å². The van der Waals surface area contributed by atoms with Crippen molar-refractivity contribution in [3.63, 3.8) is 0 Å². The maximum Gasteiger partial charge on any atom is 0.0415 e. The van der Waals surface area contributed by atoms with Crippen molar-refractivity contribution < 1.29 is 0 Å². The fraction of sp³-hybridized carbons (Fsp3) is 0.667. The van der Waals surface area contributed by atoms with Gasteiger partial charge in [-0.1, -0.05) is 39.6 Å². The molecule has 0 fully saturated rings. The van der Waals surface area contributed by atoms with Gasteiger partial charge >= 0.3 is 0 Å². The molecule has 0 aliphatic carbocycles. The Morgan fingerprint density at radius 3 is 2.42 bits per heavy atom. The standard InChI is InChI=1S/2C6H10N3.Cm/c1-5(2)3-6-4-7-9-8-6;1-6(2)5-9-4-3-7-8-9;/h4-5H,3H2,1-2H3;4,6H,5H2,1-2H3;/q2*-1;. The third kappa shape index (κ3) is 7.25. The second kappa shape index (κ2) is 8.38. The van der Waals surface area contributed by atoms with Crippen molar-refractivity contribution in [2.75, 3.05) is 0 Å². The van der Waals surface area contributed by atoms with Gasteiger partial charge in [-0.05, 0) is 18.3 Å². The first-order chi connectivity index (χ1) is 8.58. The van der Waals surface area contributed by atoms with Crippen LogP contribution in [-0.2, 0) is 13.0 Å². The van der Waals surface area contributed by atoms with E-state index in [0.717, 1.165) is 18.7 Å². The molecule has 2 rings (SSSR count). The van der Waals surface area contributed by atoms with Gasteiger partial charge in [0.05, 0.1) is 0 Å². The summed E-state index contributed by atoms with van der Waals surface area (Å²) < 4.78 is 1.78. The van der Waals surface area contributed by atoms with Gasteiger partial charge in [0.1, 0.15) is 0 Å². The van der Waals surface area contributed by atoms with Gasteiger partial charge in [-0.3, -0.25) is 9.90 Å². The number of rotatable bonds is 4. The average molecular weight is 495 g/mol. The minimum atomic E-state index is 0. The summed E-state index contributed by atoms with van der Waals surface area (Å²) in [5, 5.41) is 18.2. The van der Waals surface area contributed by atoms with Gasteiger partial charge in [-0.15, -0.1) is 11.4 Å². The first-order valence-corrected chi connectivity index (χ1v) is 6.14. The Hall–Kier alpha value is -2.72. The van der Waals surface area contributed by atoms with E-state index in [-0.39, 0.29) is 0 Å². The van der Waals surface area contributed by atoms with Crippen LogP contribution in [0.15, 0.2) is 12.4 Å². The number of hydrogen-bond donors (Lipinski definition) is 0. The molecule has 0 amide bonds. The van der Waals surface area contributed by atoms with Crippen LogP contribution in [-0.4, -0.2) is 25.3 Å². The van der Waals surface area contributed by atoms with E-state index in [2.05, 4.69) is 59.6 Å². The van der Waals surface area contributed by atoms with Gasteiger partial charge in [-0.2, -0.15) is 0 Å². The molecular weight excluding hydrogens is 475 g/mol. The topological polar surface area (TPSA) is 70.6 Å². The maximum atomic E-state index is 3.80. The normalized spacial score (nSPS) is 10.0. The van der Waals surface area contributed by atoms with E-state index in [1.54, 1.807) is 17.1 Å². The maximum absolute atomic E-state index is 3.80. The largest absolute Gasteiger partial charge is 0.358 e. The zero-order valence-electron chi connectivity index (χ0n) is 11.8. The molecule has 7 heteroatoms. The first kappa shape index (κ1) is 16.3. The summed E-state index contributed by atoms with van der Waals surface area (Å²) in [5.41, 5.74) is 0.991. The van der Waals surface area contributed by atoms with Crippen LogP contribution in [0, 0.1) is 18.0 Å². The molecule has 0 bridgehead atoms. The molecular formula is C12H20CmN6-2. The van der Waals surface area contributed by atoms with Gasteiger partial charge in [0.25, 0.3) is 0 Å². The van der Waals surface area contributed by atoms with Crippen molar-refractivity contribution in [2.24, 2.45) is 11.8 Å². The van der Waals surface area contributed by atoms with Crippen molar-refractivity contribution in [1.82, 2.24) is 30.4 Å². The minimum absolute atomic E-state index is 0. The molecule has 19 heavy (non-hydrogen) atoms.